The second-order valence-electron chi connectivity index (χ2n) is 5.02. The molecule has 1 aliphatic heterocycles. The Hall–Kier alpha value is -1.51. The minimum atomic E-state index is -0.484. The average molecular weight is 275 g/mol. The van der Waals surface area contributed by atoms with Crippen LogP contribution in [0.4, 0.5) is 4.79 Å². The Morgan fingerprint density at radius 3 is 2.35 bits per heavy atom. The van der Waals surface area contributed by atoms with Gasteiger partial charge in [0.2, 0.25) is 0 Å². The van der Waals surface area contributed by atoms with Crippen molar-refractivity contribution >= 4 is 6.09 Å². The van der Waals surface area contributed by atoms with Crippen molar-refractivity contribution in [1.29, 1.82) is 0 Å². The first-order chi connectivity index (χ1) is 8.84. The number of rotatable bonds is 1. The van der Waals surface area contributed by atoms with Crippen LogP contribution in [0.3, 0.4) is 0 Å². The molecule has 9 nitrogen and oxygen atoms in total. The second kappa shape index (κ2) is 10.3. The molecule has 0 aliphatic carbocycles. The van der Waals surface area contributed by atoms with Crippen molar-refractivity contribution in [3.05, 3.63) is 26.4 Å². The number of carbonyl (C=O) groups excluding carboxylic acids is 1. The van der Waals surface area contributed by atoms with E-state index in [0.29, 0.717) is 13.1 Å². The Kier molecular flexibility index (Phi) is 10.7. The molecule has 1 fully saturated rings. The van der Waals surface area contributed by atoms with Gasteiger partial charge in [-0.3, -0.25) is 4.91 Å². The third-order valence-electron chi connectivity index (χ3n) is 2.26. The fourth-order valence-electron chi connectivity index (χ4n) is 1.61. The Balaban J connectivity index is 0. The Morgan fingerprint density at radius 1 is 1.35 bits per heavy atom. The first-order valence-electron chi connectivity index (χ1n) is 5.84. The van der Waals surface area contributed by atoms with Crippen LogP contribution in [0.2, 0.25) is 0 Å². The molecule has 106 valence electrons. The van der Waals surface area contributed by atoms with Crippen LogP contribution in [0.5, 0.6) is 0 Å². The number of nitrogens with zero attached hydrogens (tertiary/aromatic N) is 7. The summed E-state index contributed by atoms with van der Waals surface area (Å²) in [5, 5.41) is 3.64. The summed E-state index contributed by atoms with van der Waals surface area (Å²) in [5.74, 6) is 0. The van der Waals surface area contributed by atoms with Gasteiger partial charge in [-0.1, -0.05) is 5.11 Å². The summed E-state index contributed by atoms with van der Waals surface area (Å²) in [5.41, 5.74) is 21.4. The molecule has 1 aliphatic rings. The monoisotopic (exact) mass is 275 g/mol. The van der Waals surface area contributed by atoms with Crippen molar-refractivity contribution in [2.75, 3.05) is 13.1 Å². The number of likely N-dealkylation sites (tertiary alicyclic amines) is 1. The molecule has 1 heterocycles. The van der Waals surface area contributed by atoms with Crippen LogP contribution in [-0.2, 0) is 4.74 Å². The van der Waals surface area contributed by atoms with E-state index in [0.717, 1.165) is 12.8 Å². The zero-order valence-electron chi connectivity index (χ0n) is 12.4. The number of carbonyl (C=O) groups is 1. The molecule has 0 aromatic heterocycles. The molecule has 1 saturated heterocycles. The molecule has 0 N–H and O–H groups in total. The minimum absolute atomic E-state index is 0. The summed E-state index contributed by atoms with van der Waals surface area (Å²) in [4.78, 5) is 17.6. The van der Waals surface area contributed by atoms with Gasteiger partial charge in [0.15, 0.2) is 0 Å². The van der Waals surface area contributed by atoms with Gasteiger partial charge in [-0.05, 0) is 39.1 Å². The molecular weight excluding hydrogens is 257 g/mol. The van der Waals surface area contributed by atoms with Gasteiger partial charge in [-0.2, -0.15) is 0 Å². The third kappa shape index (κ3) is 9.42. The van der Waals surface area contributed by atoms with E-state index in [1.165, 1.54) is 4.91 Å². The van der Waals surface area contributed by atoms with Crippen molar-refractivity contribution in [1.82, 2.24) is 4.90 Å². The summed E-state index contributed by atoms with van der Waals surface area (Å²) in [6.45, 7) is 6.63. The smallest absolute Gasteiger partial charge is 0.444 e. The summed E-state index contributed by atoms with van der Waals surface area (Å²) in [6, 6.07) is -0.119. The zero-order chi connectivity index (χ0) is 14.9. The number of azide groups is 1. The maximum absolute atomic E-state index is 11.7. The summed E-state index contributed by atoms with van der Waals surface area (Å²) in [7, 11) is 0. The van der Waals surface area contributed by atoms with Crippen molar-refractivity contribution < 1.29 is 28.4 Å². The molecule has 0 radical (unpaired) electrons. The Bertz CT molecular complexity index is 384. The normalized spacial score (nSPS) is 17.4. The van der Waals surface area contributed by atoms with Crippen LogP contribution >= 0.6 is 0 Å². The fourth-order valence-corrected chi connectivity index (χ4v) is 1.61. The fraction of sp³-hybridized carbons (Fsp3) is 0.900. The molecule has 0 aromatic rings. The van der Waals surface area contributed by atoms with E-state index in [4.69, 9.17) is 21.3 Å². The van der Waals surface area contributed by atoms with Crippen LogP contribution in [0.15, 0.2) is 5.11 Å². The van der Waals surface area contributed by atoms with Crippen molar-refractivity contribution in [3.8, 4) is 0 Å². The molecule has 1 rings (SSSR count). The SMILES string of the molecule is CC(C)(C)OC(=O)N1CCCC(N=[N+]=[N-])C1.[Li+].[N-]=[N+]=[N-]. The van der Waals surface area contributed by atoms with Gasteiger partial charge in [0.1, 0.15) is 5.60 Å². The molecule has 0 saturated carbocycles. The van der Waals surface area contributed by atoms with E-state index < -0.39 is 5.60 Å². The summed E-state index contributed by atoms with van der Waals surface area (Å²) in [6.07, 6.45) is 1.36. The molecule has 10 heteroatoms. The molecule has 0 spiro atoms. The van der Waals surface area contributed by atoms with Gasteiger partial charge in [0, 0.05) is 18.0 Å². The van der Waals surface area contributed by atoms with Crippen molar-refractivity contribution in [2.45, 2.75) is 45.3 Å². The predicted octanol–water partition coefficient (Wildman–Crippen LogP) is 0.566. The molecule has 20 heavy (non-hydrogen) atoms. The van der Waals surface area contributed by atoms with Crippen LogP contribution in [0.25, 0.3) is 26.4 Å². The molecule has 1 atom stereocenters. The van der Waals surface area contributed by atoms with E-state index >= 15 is 0 Å². The van der Waals surface area contributed by atoms with Gasteiger partial charge in [-0.25, -0.2) is 4.79 Å². The van der Waals surface area contributed by atoms with E-state index in [2.05, 4.69) is 10.0 Å². The van der Waals surface area contributed by atoms with Crippen molar-refractivity contribution in [2.24, 2.45) is 5.11 Å². The molecule has 1 amide bonds. The number of piperidine rings is 1. The first-order valence-corrected chi connectivity index (χ1v) is 5.84. The maximum Gasteiger partial charge on any atom is 1.00 e. The maximum atomic E-state index is 11.7. The van der Waals surface area contributed by atoms with Gasteiger partial charge in [-0.15, -0.1) is 0 Å². The topological polar surface area (TPSA) is 137 Å². The van der Waals surface area contributed by atoms with E-state index in [1.807, 2.05) is 20.8 Å². The summed E-state index contributed by atoms with van der Waals surface area (Å²) < 4.78 is 5.26. The summed E-state index contributed by atoms with van der Waals surface area (Å²) >= 11 is 0. The quantitative estimate of drug-likeness (QED) is 0.299. The van der Waals surface area contributed by atoms with Crippen LogP contribution in [0.1, 0.15) is 33.6 Å². The molecule has 1 unspecified atom stereocenters. The van der Waals surface area contributed by atoms with Gasteiger partial charge >= 0.3 is 25.0 Å². The van der Waals surface area contributed by atoms with Crippen LogP contribution < -0.4 is 18.9 Å². The standard InChI is InChI=1S/C10H18N4O2.Li.N3/c1-10(2,3)16-9(15)14-6-4-5-8(7-14)12-13-11;;1-3-2/h8H,4-7H2,1-3H3;;/q;+1;-1. The van der Waals surface area contributed by atoms with Gasteiger partial charge < -0.3 is 20.7 Å². The Morgan fingerprint density at radius 2 is 1.90 bits per heavy atom. The third-order valence-corrected chi connectivity index (χ3v) is 2.26. The van der Waals surface area contributed by atoms with E-state index in [1.54, 1.807) is 4.90 Å². The van der Waals surface area contributed by atoms with E-state index in [-0.39, 0.29) is 31.0 Å². The molecule has 0 aromatic carbocycles. The van der Waals surface area contributed by atoms with Gasteiger partial charge in [0.05, 0.1) is 6.04 Å². The second-order valence-corrected chi connectivity index (χ2v) is 5.02. The predicted molar refractivity (Wildman–Crippen MR) is 70.1 cm³/mol. The number of hydrogen-bond acceptors (Lipinski definition) is 3. The van der Waals surface area contributed by atoms with Crippen LogP contribution in [0, 0.1) is 0 Å². The number of hydrogen-bond donors (Lipinski definition) is 0. The largest absolute Gasteiger partial charge is 1.00 e. The van der Waals surface area contributed by atoms with Crippen molar-refractivity contribution in [3.63, 3.8) is 0 Å². The average Bonchev–Trinajstić information content (AvgIpc) is 2.28. The number of amides is 1. The molecular formula is C10H18LiN7O2. The Labute approximate surface area is 129 Å². The van der Waals surface area contributed by atoms with Gasteiger partial charge in [0.25, 0.3) is 0 Å². The van der Waals surface area contributed by atoms with Crippen LogP contribution in [-0.4, -0.2) is 35.7 Å². The minimum Gasteiger partial charge on any atom is -0.444 e. The first kappa shape index (κ1) is 20.8. The zero-order valence-corrected chi connectivity index (χ0v) is 12.4. The number of ether oxygens (including phenoxy) is 1. The van der Waals surface area contributed by atoms with E-state index in [9.17, 15) is 4.79 Å². The molecule has 0 bridgehead atoms.